The summed E-state index contributed by atoms with van der Waals surface area (Å²) in [5.41, 5.74) is 5.39. The molecule has 1 unspecified atom stereocenters. The lowest BCUT2D eigenvalue weighted by atomic mass is 9.94. The number of carbonyl (C=O) groups is 1. The standard InChI is InChI=1S/C7H14N2O3/c8-3-5-1-2-9(7(11)12)4-6(5)10/h5-6,10H,1-4,8H2,(H,11,12)/t5?,6-/m1/s1. The normalized spacial score (nSPS) is 30.3. The molecule has 0 aromatic rings. The van der Waals surface area contributed by atoms with Crippen molar-refractivity contribution in [2.45, 2.75) is 12.5 Å². The van der Waals surface area contributed by atoms with Crippen LogP contribution in [-0.4, -0.2) is 46.9 Å². The molecule has 4 N–H and O–H groups in total. The van der Waals surface area contributed by atoms with Crippen LogP contribution in [0.3, 0.4) is 0 Å². The number of amides is 1. The summed E-state index contributed by atoms with van der Waals surface area (Å²) >= 11 is 0. The minimum Gasteiger partial charge on any atom is -0.465 e. The molecule has 1 amide bonds. The van der Waals surface area contributed by atoms with Gasteiger partial charge < -0.3 is 20.8 Å². The number of nitrogens with two attached hydrogens (primary N) is 1. The van der Waals surface area contributed by atoms with E-state index in [1.54, 1.807) is 0 Å². The first-order chi connectivity index (χ1) is 5.65. The molecular weight excluding hydrogens is 160 g/mol. The zero-order valence-electron chi connectivity index (χ0n) is 6.81. The number of nitrogens with zero attached hydrogens (tertiary/aromatic N) is 1. The molecule has 1 aliphatic heterocycles. The Balaban J connectivity index is 2.46. The van der Waals surface area contributed by atoms with Crippen molar-refractivity contribution >= 4 is 6.09 Å². The Morgan fingerprint density at radius 2 is 2.33 bits per heavy atom. The topological polar surface area (TPSA) is 86.8 Å². The van der Waals surface area contributed by atoms with Gasteiger partial charge in [0.25, 0.3) is 0 Å². The SMILES string of the molecule is NCC1CCN(C(=O)O)C[C@H]1O. The summed E-state index contributed by atoms with van der Waals surface area (Å²) in [6, 6.07) is 0. The minimum atomic E-state index is -0.968. The Labute approximate surface area is 70.8 Å². The predicted octanol–water partition coefficient (Wildman–Crippen LogP) is -0.694. The minimum absolute atomic E-state index is 0.0561. The van der Waals surface area contributed by atoms with Crippen molar-refractivity contribution < 1.29 is 15.0 Å². The molecule has 0 bridgehead atoms. The molecule has 0 aliphatic carbocycles. The van der Waals surface area contributed by atoms with Gasteiger partial charge >= 0.3 is 6.09 Å². The van der Waals surface area contributed by atoms with E-state index in [4.69, 9.17) is 10.8 Å². The van der Waals surface area contributed by atoms with Crippen LogP contribution in [0.5, 0.6) is 0 Å². The van der Waals surface area contributed by atoms with E-state index in [-0.39, 0.29) is 12.5 Å². The molecule has 0 saturated carbocycles. The maximum absolute atomic E-state index is 10.5. The van der Waals surface area contributed by atoms with E-state index in [0.717, 1.165) is 0 Å². The Kier molecular flexibility index (Phi) is 2.88. The largest absolute Gasteiger partial charge is 0.465 e. The number of rotatable bonds is 1. The monoisotopic (exact) mass is 174 g/mol. The molecule has 1 saturated heterocycles. The van der Waals surface area contributed by atoms with E-state index in [2.05, 4.69) is 0 Å². The molecule has 0 spiro atoms. The molecule has 5 nitrogen and oxygen atoms in total. The number of carboxylic acid groups (broad SMARTS) is 1. The van der Waals surface area contributed by atoms with Crippen molar-refractivity contribution in [3.63, 3.8) is 0 Å². The Morgan fingerprint density at radius 3 is 2.75 bits per heavy atom. The van der Waals surface area contributed by atoms with Crippen LogP contribution in [0.1, 0.15) is 6.42 Å². The fourth-order valence-corrected chi connectivity index (χ4v) is 1.43. The summed E-state index contributed by atoms with van der Waals surface area (Å²) in [7, 11) is 0. The average Bonchev–Trinajstić information content (AvgIpc) is 2.04. The van der Waals surface area contributed by atoms with Crippen LogP contribution in [0, 0.1) is 5.92 Å². The molecule has 2 atom stereocenters. The van der Waals surface area contributed by atoms with E-state index < -0.39 is 12.2 Å². The van der Waals surface area contributed by atoms with Crippen LogP contribution in [-0.2, 0) is 0 Å². The molecule has 0 radical (unpaired) electrons. The smallest absolute Gasteiger partial charge is 0.407 e. The highest BCUT2D eigenvalue weighted by Gasteiger charge is 2.28. The zero-order chi connectivity index (χ0) is 9.14. The molecular formula is C7H14N2O3. The molecule has 1 heterocycles. The molecule has 1 rings (SSSR count). The number of likely N-dealkylation sites (tertiary alicyclic amines) is 1. The van der Waals surface area contributed by atoms with Gasteiger partial charge in [-0.3, -0.25) is 0 Å². The zero-order valence-corrected chi connectivity index (χ0v) is 6.81. The van der Waals surface area contributed by atoms with Crippen molar-refractivity contribution in [1.29, 1.82) is 0 Å². The highest BCUT2D eigenvalue weighted by Crippen LogP contribution is 2.16. The van der Waals surface area contributed by atoms with E-state index >= 15 is 0 Å². The summed E-state index contributed by atoms with van der Waals surface area (Å²) in [5, 5.41) is 18.0. The van der Waals surface area contributed by atoms with Gasteiger partial charge in [-0.05, 0) is 13.0 Å². The first-order valence-corrected chi connectivity index (χ1v) is 4.01. The number of piperidine rings is 1. The van der Waals surface area contributed by atoms with Gasteiger partial charge in [-0.1, -0.05) is 0 Å². The number of aliphatic hydroxyl groups excluding tert-OH is 1. The van der Waals surface area contributed by atoms with Gasteiger partial charge in [0.05, 0.1) is 12.6 Å². The first kappa shape index (κ1) is 9.28. The second-order valence-electron chi connectivity index (χ2n) is 3.08. The average molecular weight is 174 g/mol. The number of β-amino-alcohol motifs (C(OH)–C–C–N with tert-alkyl or cyclic N) is 1. The van der Waals surface area contributed by atoms with Crippen LogP contribution in [0.15, 0.2) is 0 Å². The second kappa shape index (κ2) is 3.73. The highest BCUT2D eigenvalue weighted by molar-refractivity contribution is 5.65. The molecule has 5 heteroatoms. The summed E-state index contributed by atoms with van der Waals surface area (Å²) in [5.74, 6) is 0.0561. The third kappa shape index (κ3) is 1.86. The van der Waals surface area contributed by atoms with Gasteiger partial charge in [-0.25, -0.2) is 4.79 Å². The lowest BCUT2D eigenvalue weighted by Gasteiger charge is -2.33. The van der Waals surface area contributed by atoms with Crippen LogP contribution < -0.4 is 5.73 Å². The van der Waals surface area contributed by atoms with Gasteiger partial charge in [-0.15, -0.1) is 0 Å². The Hall–Kier alpha value is -0.810. The van der Waals surface area contributed by atoms with Crippen LogP contribution in [0.4, 0.5) is 4.79 Å². The second-order valence-corrected chi connectivity index (χ2v) is 3.08. The van der Waals surface area contributed by atoms with Crippen LogP contribution >= 0.6 is 0 Å². The summed E-state index contributed by atoms with van der Waals surface area (Å²) in [6.07, 6.45) is -0.909. The lowest BCUT2D eigenvalue weighted by molar-refractivity contribution is 0.0280. The highest BCUT2D eigenvalue weighted by atomic mass is 16.4. The van der Waals surface area contributed by atoms with Crippen molar-refractivity contribution in [1.82, 2.24) is 4.90 Å². The van der Waals surface area contributed by atoms with E-state index in [0.29, 0.717) is 19.5 Å². The van der Waals surface area contributed by atoms with Gasteiger partial charge in [0, 0.05) is 12.5 Å². The maximum atomic E-state index is 10.5. The summed E-state index contributed by atoms with van der Waals surface area (Å²) in [6.45, 7) is 1.10. The number of hydrogen-bond acceptors (Lipinski definition) is 3. The maximum Gasteiger partial charge on any atom is 0.407 e. The number of aliphatic hydroxyl groups is 1. The molecule has 0 aromatic heterocycles. The quantitative estimate of drug-likeness (QED) is 0.491. The number of hydrogen-bond donors (Lipinski definition) is 3. The first-order valence-electron chi connectivity index (χ1n) is 4.01. The summed E-state index contributed by atoms with van der Waals surface area (Å²) in [4.78, 5) is 11.7. The summed E-state index contributed by atoms with van der Waals surface area (Å²) < 4.78 is 0. The van der Waals surface area contributed by atoms with Crippen molar-refractivity contribution in [2.75, 3.05) is 19.6 Å². The fraction of sp³-hybridized carbons (Fsp3) is 0.857. The molecule has 1 fully saturated rings. The Bertz CT molecular complexity index is 174. The van der Waals surface area contributed by atoms with Gasteiger partial charge in [0.15, 0.2) is 0 Å². The molecule has 70 valence electrons. The van der Waals surface area contributed by atoms with E-state index in [1.807, 2.05) is 0 Å². The van der Waals surface area contributed by atoms with Crippen molar-refractivity contribution in [2.24, 2.45) is 11.7 Å². The Morgan fingerprint density at radius 1 is 1.67 bits per heavy atom. The van der Waals surface area contributed by atoms with Gasteiger partial charge in [-0.2, -0.15) is 0 Å². The van der Waals surface area contributed by atoms with Crippen molar-refractivity contribution in [3.05, 3.63) is 0 Å². The van der Waals surface area contributed by atoms with Crippen LogP contribution in [0.2, 0.25) is 0 Å². The predicted molar refractivity (Wildman–Crippen MR) is 42.8 cm³/mol. The molecule has 12 heavy (non-hydrogen) atoms. The van der Waals surface area contributed by atoms with E-state index in [9.17, 15) is 9.90 Å². The van der Waals surface area contributed by atoms with Crippen molar-refractivity contribution in [3.8, 4) is 0 Å². The van der Waals surface area contributed by atoms with E-state index in [1.165, 1.54) is 4.90 Å². The lowest BCUT2D eigenvalue weighted by Crippen LogP contribution is -2.48. The van der Waals surface area contributed by atoms with Crippen LogP contribution in [0.25, 0.3) is 0 Å². The third-order valence-electron chi connectivity index (χ3n) is 2.29. The molecule has 1 aliphatic rings. The molecule has 0 aromatic carbocycles. The van der Waals surface area contributed by atoms with Gasteiger partial charge in [0.2, 0.25) is 0 Å². The third-order valence-corrected chi connectivity index (χ3v) is 2.29. The fourth-order valence-electron chi connectivity index (χ4n) is 1.43. The van der Waals surface area contributed by atoms with Gasteiger partial charge in [0.1, 0.15) is 0 Å².